The van der Waals surface area contributed by atoms with E-state index in [0.717, 1.165) is 29.8 Å². The Morgan fingerprint density at radius 1 is 1.00 bits per heavy atom. The van der Waals surface area contributed by atoms with Gasteiger partial charge in [-0.3, -0.25) is 9.59 Å². The lowest BCUT2D eigenvalue weighted by Gasteiger charge is -2.26. The predicted octanol–water partition coefficient (Wildman–Crippen LogP) is 4.08. The fourth-order valence-electron chi connectivity index (χ4n) is 2.33. The van der Waals surface area contributed by atoms with Gasteiger partial charge in [-0.05, 0) is 43.7 Å². The second-order valence-corrected chi connectivity index (χ2v) is 6.04. The number of carbonyl (C=O) groups is 2. The van der Waals surface area contributed by atoms with Crippen LogP contribution >= 0.6 is 0 Å². The summed E-state index contributed by atoms with van der Waals surface area (Å²) >= 11 is 0. The molecule has 2 aromatic carbocycles. The molecule has 26 heavy (non-hydrogen) atoms. The number of benzene rings is 2. The van der Waals surface area contributed by atoms with Gasteiger partial charge in [-0.25, -0.2) is 0 Å². The molecule has 0 bridgehead atoms. The topological polar surface area (TPSA) is 49.4 Å². The molecule has 138 valence electrons. The van der Waals surface area contributed by atoms with Crippen LogP contribution in [0.5, 0.6) is 0 Å². The Morgan fingerprint density at radius 3 is 2.08 bits per heavy atom. The maximum atomic E-state index is 12.6. The minimum Gasteiger partial charge on any atom is -0.328 e. The van der Waals surface area contributed by atoms with Crippen LogP contribution in [0.1, 0.15) is 25.0 Å². The molecule has 0 radical (unpaired) electrons. The van der Waals surface area contributed by atoms with Crippen LogP contribution in [-0.2, 0) is 22.3 Å². The summed E-state index contributed by atoms with van der Waals surface area (Å²) < 4.78 is 37.7. The van der Waals surface area contributed by atoms with E-state index in [-0.39, 0.29) is 18.3 Å². The van der Waals surface area contributed by atoms with Crippen molar-refractivity contribution in [2.24, 2.45) is 0 Å². The largest absolute Gasteiger partial charge is 0.416 e. The summed E-state index contributed by atoms with van der Waals surface area (Å²) in [4.78, 5) is 26.1. The highest BCUT2D eigenvalue weighted by atomic mass is 19.4. The number of alkyl halides is 3. The fraction of sp³-hybridized carbons (Fsp3) is 0.263. The first-order chi connectivity index (χ1) is 12.2. The molecule has 0 aliphatic heterocycles. The van der Waals surface area contributed by atoms with Crippen molar-refractivity contribution in [3.8, 4) is 0 Å². The zero-order chi connectivity index (χ0) is 19.3. The number of carbonyl (C=O) groups excluding carboxylic acids is 2. The van der Waals surface area contributed by atoms with E-state index in [1.807, 2.05) is 30.3 Å². The molecule has 7 heteroatoms. The van der Waals surface area contributed by atoms with Gasteiger partial charge in [0.1, 0.15) is 0 Å². The fourth-order valence-corrected chi connectivity index (χ4v) is 2.33. The highest BCUT2D eigenvalue weighted by Crippen LogP contribution is 2.29. The van der Waals surface area contributed by atoms with Crippen LogP contribution in [0.25, 0.3) is 0 Å². The molecule has 1 N–H and O–H groups in total. The summed E-state index contributed by atoms with van der Waals surface area (Å²) in [5, 5.41) is 2.34. The molecule has 0 aliphatic carbocycles. The van der Waals surface area contributed by atoms with Crippen LogP contribution in [0.4, 0.5) is 18.9 Å². The summed E-state index contributed by atoms with van der Waals surface area (Å²) in [5.74, 6) is -1.64. The Bertz CT molecular complexity index is 757. The molecule has 0 saturated carbocycles. The second kappa shape index (κ2) is 8.03. The monoisotopic (exact) mass is 364 g/mol. The van der Waals surface area contributed by atoms with Crippen molar-refractivity contribution in [3.05, 3.63) is 65.7 Å². The molecule has 0 atom stereocenters. The zero-order valence-electron chi connectivity index (χ0n) is 14.4. The highest BCUT2D eigenvalue weighted by Gasteiger charge is 2.30. The van der Waals surface area contributed by atoms with Crippen LogP contribution in [0.2, 0.25) is 0 Å². The molecule has 0 aliphatic rings. The van der Waals surface area contributed by atoms with E-state index in [9.17, 15) is 22.8 Å². The van der Waals surface area contributed by atoms with Crippen molar-refractivity contribution in [3.63, 3.8) is 0 Å². The molecule has 4 nitrogen and oxygen atoms in total. The highest BCUT2D eigenvalue weighted by molar-refractivity contribution is 6.39. The summed E-state index contributed by atoms with van der Waals surface area (Å²) in [6.45, 7) is 3.83. The van der Waals surface area contributed by atoms with Gasteiger partial charge in [0, 0.05) is 18.3 Å². The average molecular weight is 364 g/mol. The van der Waals surface area contributed by atoms with E-state index < -0.39 is 23.6 Å². The summed E-state index contributed by atoms with van der Waals surface area (Å²) in [7, 11) is 0. The first-order valence-electron chi connectivity index (χ1n) is 8.01. The van der Waals surface area contributed by atoms with Crippen molar-refractivity contribution in [2.75, 3.05) is 5.32 Å². The third kappa shape index (κ3) is 5.08. The first kappa shape index (κ1) is 19.5. The molecule has 0 unspecified atom stereocenters. The van der Waals surface area contributed by atoms with Gasteiger partial charge in [0.15, 0.2) is 0 Å². The van der Waals surface area contributed by atoms with Crippen molar-refractivity contribution < 1.29 is 22.8 Å². The molecule has 0 heterocycles. The SMILES string of the molecule is CC(C)N(Cc1ccccc1)C(=O)C(=O)Nc1ccc(C(F)(F)F)cc1. The molecular formula is C19H19F3N2O2. The molecule has 0 saturated heterocycles. The van der Waals surface area contributed by atoms with Gasteiger partial charge < -0.3 is 10.2 Å². The van der Waals surface area contributed by atoms with E-state index in [1.54, 1.807) is 13.8 Å². The number of anilines is 1. The van der Waals surface area contributed by atoms with Gasteiger partial charge in [-0.15, -0.1) is 0 Å². The lowest BCUT2D eigenvalue weighted by atomic mass is 10.2. The molecular weight excluding hydrogens is 345 g/mol. The summed E-state index contributed by atoms with van der Waals surface area (Å²) in [5.41, 5.74) is 0.173. The van der Waals surface area contributed by atoms with Crippen LogP contribution in [0, 0.1) is 0 Å². The van der Waals surface area contributed by atoms with Gasteiger partial charge in [-0.2, -0.15) is 13.2 Å². The number of nitrogens with one attached hydrogen (secondary N) is 1. The Kier molecular flexibility index (Phi) is 6.02. The van der Waals surface area contributed by atoms with Crippen LogP contribution < -0.4 is 5.32 Å². The molecule has 2 rings (SSSR count). The average Bonchev–Trinajstić information content (AvgIpc) is 2.59. The molecule has 0 fully saturated rings. The van der Waals surface area contributed by atoms with Crippen LogP contribution in [-0.4, -0.2) is 22.8 Å². The number of halogens is 3. The van der Waals surface area contributed by atoms with Crippen molar-refractivity contribution in [1.82, 2.24) is 4.90 Å². The third-order valence-electron chi connectivity index (χ3n) is 3.74. The van der Waals surface area contributed by atoms with Crippen LogP contribution in [0.15, 0.2) is 54.6 Å². The molecule has 0 spiro atoms. The minimum absolute atomic E-state index is 0.125. The van der Waals surface area contributed by atoms with Gasteiger partial charge >= 0.3 is 18.0 Å². The number of nitrogens with zero attached hydrogens (tertiary/aromatic N) is 1. The van der Waals surface area contributed by atoms with E-state index in [2.05, 4.69) is 5.32 Å². The number of amides is 2. The van der Waals surface area contributed by atoms with Crippen molar-refractivity contribution in [2.45, 2.75) is 32.6 Å². The second-order valence-electron chi connectivity index (χ2n) is 6.04. The van der Waals surface area contributed by atoms with E-state index in [0.29, 0.717) is 0 Å². The lowest BCUT2D eigenvalue weighted by molar-refractivity contribution is -0.144. The smallest absolute Gasteiger partial charge is 0.328 e. The van der Waals surface area contributed by atoms with Crippen LogP contribution in [0.3, 0.4) is 0 Å². The number of hydrogen-bond acceptors (Lipinski definition) is 2. The summed E-state index contributed by atoms with van der Waals surface area (Å²) in [6.07, 6.45) is -4.46. The number of hydrogen-bond donors (Lipinski definition) is 1. The minimum atomic E-state index is -4.46. The first-order valence-corrected chi connectivity index (χ1v) is 8.01. The Labute approximate surface area is 149 Å². The van der Waals surface area contributed by atoms with Gasteiger partial charge in [-0.1, -0.05) is 30.3 Å². The molecule has 2 amide bonds. The van der Waals surface area contributed by atoms with Gasteiger partial charge in [0.05, 0.1) is 5.56 Å². The van der Waals surface area contributed by atoms with E-state index in [1.165, 1.54) is 4.90 Å². The molecule has 0 aromatic heterocycles. The van der Waals surface area contributed by atoms with Crippen molar-refractivity contribution >= 4 is 17.5 Å². The Balaban J connectivity index is 2.07. The Hall–Kier alpha value is -2.83. The predicted molar refractivity (Wildman–Crippen MR) is 92.2 cm³/mol. The maximum absolute atomic E-state index is 12.6. The van der Waals surface area contributed by atoms with Crippen molar-refractivity contribution in [1.29, 1.82) is 0 Å². The Morgan fingerprint density at radius 2 is 1.58 bits per heavy atom. The van der Waals surface area contributed by atoms with E-state index >= 15 is 0 Å². The quantitative estimate of drug-likeness (QED) is 0.831. The zero-order valence-corrected chi connectivity index (χ0v) is 14.4. The van der Waals surface area contributed by atoms with Gasteiger partial charge in [0.2, 0.25) is 0 Å². The lowest BCUT2D eigenvalue weighted by Crippen LogP contribution is -2.43. The van der Waals surface area contributed by atoms with E-state index in [4.69, 9.17) is 0 Å². The summed E-state index contributed by atoms with van der Waals surface area (Å²) in [6, 6.07) is 12.9. The standard InChI is InChI=1S/C19H19F3N2O2/c1-13(2)24(12-14-6-4-3-5-7-14)18(26)17(25)23-16-10-8-15(9-11-16)19(20,21)22/h3-11,13H,12H2,1-2H3,(H,23,25). The third-order valence-corrected chi connectivity index (χ3v) is 3.74. The maximum Gasteiger partial charge on any atom is 0.416 e. The normalized spacial score (nSPS) is 11.3. The molecule has 2 aromatic rings. The number of rotatable bonds is 4. The van der Waals surface area contributed by atoms with Gasteiger partial charge in [0.25, 0.3) is 0 Å².